The molecule has 1 unspecified atom stereocenters. The topological polar surface area (TPSA) is 102 Å². The highest BCUT2D eigenvalue weighted by Crippen LogP contribution is 2.23. The molecular weight excluding hydrogens is 368 g/mol. The van der Waals surface area contributed by atoms with Crippen molar-refractivity contribution >= 4 is 11.9 Å². The number of amides is 1. The molecule has 1 atom stereocenters. The Morgan fingerprint density at radius 1 is 1.17 bits per heavy atom. The van der Waals surface area contributed by atoms with Crippen molar-refractivity contribution in [3.05, 3.63) is 53.0 Å². The number of hydrogen-bond acceptors (Lipinski definition) is 4. The number of nitrogens with zero attached hydrogens (tertiary/aromatic N) is 1. The van der Waals surface area contributed by atoms with Gasteiger partial charge in [-0.25, -0.2) is 0 Å². The van der Waals surface area contributed by atoms with Crippen molar-refractivity contribution in [1.29, 1.82) is 0 Å². The lowest BCUT2D eigenvalue weighted by molar-refractivity contribution is 0.0972. The number of benzene rings is 1. The Morgan fingerprint density at radius 3 is 2.52 bits per heavy atom. The van der Waals surface area contributed by atoms with Crippen LogP contribution in [0.5, 0.6) is 5.75 Å². The monoisotopic (exact) mass is 400 g/mol. The Hall–Kier alpha value is -2.96. The van der Waals surface area contributed by atoms with Crippen molar-refractivity contribution in [1.82, 2.24) is 10.6 Å². The molecule has 2 aromatic rings. The average molecular weight is 401 g/mol. The first-order chi connectivity index (χ1) is 13.8. The Kier molecular flexibility index (Phi) is 8.12. The van der Waals surface area contributed by atoms with Crippen LogP contribution in [-0.2, 0) is 13.1 Å². The molecule has 0 spiro atoms. The van der Waals surface area contributed by atoms with Gasteiger partial charge < -0.3 is 25.5 Å². The number of nitrogens with two attached hydrogens (primary N) is 1. The number of carbonyl (C=O) groups is 1. The molecule has 1 aromatic carbocycles. The number of hydrogen-bond donors (Lipinski definition) is 3. The van der Waals surface area contributed by atoms with Crippen LogP contribution < -0.4 is 21.1 Å². The van der Waals surface area contributed by atoms with Gasteiger partial charge in [0.05, 0.1) is 12.6 Å². The van der Waals surface area contributed by atoms with Crippen molar-refractivity contribution in [3.8, 4) is 5.75 Å². The number of primary amides is 1. The molecule has 4 N–H and O–H groups in total. The molecule has 0 radical (unpaired) electrons. The summed E-state index contributed by atoms with van der Waals surface area (Å²) in [7, 11) is 1.70. The largest absolute Gasteiger partial charge is 0.490 e. The zero-order valence-corrected chi connectivity index (χ0v) is 17.9. The fourth-order valence-corrected chi connectivity index (χ4v) is 3.02. The fourth-order valence-electron chi connectivity index (χ4n) is 3.02. The molecule has 0 saturated carbocycles. The van der Waals surface area contributed by atoms with Crippen LogP contribution in [-0.4, -0.2) is 25.0 Å². The number of rotatable bonds is 9. The van der Waals surface area contributed by atoms with E-state index in [-0.39, 0.29) is 11.9 Å². The number of guanidine groups is 1. The lowest BCUT2D eigenvalue weighted by Crippen LogP contribution is -2.36. The van der Waals surface area contributed by atoms with Gasteiger partial charge >= 0.3 is 0 Å². The number of carbonyl (C=O) groups excluding carboxylic acids is 1. The van der Waals surface area contributed by atoms with Gasteiger partial charge in [-0.15, -0.1) is 0 Å². The van der Waals surface area contributed by atoms with Gasteiger partial charge in [0, 0.05) is 19.2 Å². The number of aliphatic imine (C=N–C) groups is 1. The van der Waals surface area contributed by atoms with E-state index >= 15 is 0 Å². The average Bonchev–Trinajstić information content (AvgIpc) is 3.12. The van der Waals surface area contributed by atoms with E-state index in [4.69, 9.17) is 14.9 Å². The van der Waals surface area contributed by atoms with E-state index in [9.17, 15) is 4.79 Å². The maximum Gasteiger partial charge on any atom is 0.284 e. The van der Waals surface area contributed by atoms with Crippen molar-refractivity contribution in [2.24, 2.45) is 16.6 Å². The summed E-state index contributed by atoms with van der Waals surface area (Å²) >= 11 is 0. The minimum atomic E-state index is -0.586. The molecule has 7 heteroatoms. The predicted molar refractivity (Wildman–Crippen MR) is 115 cm³/mol. The van der Waals surface area contributed by atoms with Gasteiger partial charge in [-0.1, -0.05) is 26.0 Å². The smallest absolute Gasteiger partial charge is 0.284 e. The van der Waals surface area contributed by atoms with E-state index in [1.807, 2.05) is 0 Å². The van der Waals surface area contributed by atoms with Gasteiger partial charge in [0.2, 0.25) is 0 Å². The molecule has 7 nitrogen and oxygen atoms in total. The quantitative estimate of drug-likeness (QED) is 0.442. The normalized spacial score (nSPS) is 12.7. The summed E-state index contributed by atoms with van der Waals surface area (Å²) in [5.41, 5.74) is 7.42. The third-order valence-electron chi connectivity index (χ3n) is 4.36. The first-order valence-electron chi connectivity index (χ1n) is 9.87. The Labute approximate surface area is 172 Å². The molecular formula is C22H32N4O3. The second-order valence-corrected chi connectivity index (χ2v) is 7.58. The van der Waals surface area contributed by atoms with Gasteiger partial charge in [-0.2, -0.15) is 0 Å². The van der Waals surface area contributed by atoms with Gasteiger partial charge in [-0.05, 0) is 49.9 Å². The van der Waals surface area contributed by atoms with Crippen LogP contribution in [0.3, 0.4) is 0 Å². The number of aryl methyl sites for hydroxylation is 1. The van der Waals surface area contributed by atoms with E-state index in [0.29, 0.717) is 30.7 Å². The lowest BCUT2D eigenvalue weighted by atomic mass is 10.1. The van der Waals surface area contributed by atoms with Crippen LogP contribution in [0.25, 0.3) is 0 Å². The van der Waals surface area contributed by atoms with Crippen LogP contribution in [0.4, 0.5) is 0 Å². The molecule has 0 aliphatic heterocycles. The first kappa shape index (κ1) is 22.3. The zero-order chi connectivity index (χ0) is 21.4. The molecule has 1 amide bonds. The molecule has 0 aliphatic rings. The van der Waals surface area contributed by atoms with Crippen LogP contribution in [0, 0.1) is 12.8 Å². The van der Waals surface area contributed by atoms with E-state index in [1.165, 1.54) is 0 Å². The molecule has 0 bridgehead atoms. The van der Waals surface area contributed by atoms with E-state index in [2.05, 4.69) is 61.5 Å². The summed E-state index contributed by atoms with van der Waals surface area (Å²) < 4.78 is 11.6. The van der Waals surface area contributed by atoms with E-state index in [0.717, 1.165) is 23.3 Å². The third kappa shape index (κ3) is 7.18. The fraction of sp³-hybridized carbons (Fsp3) is 0.455. The Bertz CT molecular complexity index is 842. The highest BCUT2D eigenvalue weighted by Gasteiger charge is 2.12. The zero-order valence-electron chi connectivity index (χ0n) is 17.9. The molecule has 0 fully saturated rings. The molecule has 1 aromatic heterocycles. The van der Waals surface area contributed by atoms with Crippen LogP contribution in [0.15, 0.2) is 39.7 Å². The number of furan rings is 1. The van der Waals surface area contributed by atoms with E-state index in [1.54, 1.807) is 19.2 Å². The summed E-state index contributed by atoms with van der Waals surface area (Å²) in [6.07, 6.45) is 1.15. The van der Waals surface area contributed by atoms with Crippen LogP contribution in [0.2, 0.25) is 0 Å². The van der Waals surface area contributed by atoms with Crippen molar-refractivity contribution in [2.45, 2.75) is 53.3 Å². The predicted octanol–water partition coefficient (Wildman–Crippen LogP) is 3.37. The van der Waals surface area contributed by atoms with E-state index < -0.39 is 5.91 Å². The van der Waals surface area contributed by atoms with Crippen LogP contribution >= 0.6 is 0 Å². The Morgan fingerprint density at radius 2 is 1.90 bits per heavy atom. The van der Waals surface area contributed by atoms with Crippen molar-refractivity contribution in [2.75, 3.05) is 7.05 Å². The van der Waals surface area contributed by atoms with Crippen molar-refractivity contribution < 1.29 is 13.9 Å². The summed E-state index contributed by atoms with van der Waals surface area (Å²) in [5.74, 6) is 2.24. The summed E-state index contributed by atoms with van der Waals surface area (Å²) in [5, 5.41) is 6.44. The van der Waals surface area contributed by atoms with Gasteiger partial charge in [0.15, 0.2) is 11.7 Å². The number of ether oxygens (including phenoxy) is 1. The maximum absolute atomic E-state index is 11.1. The van der Waals surface area contributed by atoms with Crippen LogP contribution in [0.1, 0.15) is 54.6 Å². The van der Waals surface area contributed by atoms with Crippen molar-refractivity contribution in [3.63, 3.8) is 0 Å². The molecule has 1 heterocycles. The molecule has 29 heavy (non-hydrogen) atoms. The molecule has 0 aliphatic carbocycles. The third-order valence-corrected chi connectivity index (χ3v) is 4.36. The SMILES string of the molecule is CN=C(NCc1ccc(C(N)=O)o1)NCc1ccc(C)cc1OC(C)CC(C)C. The first-order valence-corrected chi connectivity index (χ1v) is 9.87. The summed E-state index contributed by atoms with van der Waals surface area (Å²) in [4.78, 5) is 15.3. The van der Waals surface area contributed by atoms with Gasteiger partial charge in [-0.3, -0.25) is 9.79 Å². The standard InChI is InChI=1S/C22H32N4O3/c1-14(2)10-16(4)28-20-11-15(3)6-7-17(20)12-25-22(24-5)26-13-18-8-9-19(29-18)21(23)27/h6-9,11,14,16H,10,12-13H2,1-5H3,(H2,23,27)(H2,24,25,26). The highest BCUT2D eigenvalue weighted by atomic mass is 16.5. The number of nitrogens with one attached hydrogen (secondary N) is 2. The second kappa shape index (κ2) is 10.5. The second-order valence-electron chi connectivity index (χ2n) is 7.58. The molecule has 2 rings (SSSR count). The summed E-state index contributed by atoms with van der Waals surface area (Å²) in [6, 6.07) is 9.48. The van der Waals surface area contributed by atoms with Gasteiger partial charge in [0.1, 0.15) is 11.5 Å². The minimum Gasteiger partial charge on any atom is -0.490 e. The molecule has 158 valence electrons. The lowest BCUT2D eigenvalue weighted by Gasteiger charge is -2.20. The Balaban J connectivity index is 1.96. The summed E-state index contributed by atoms with van der Waals surface area (Å²) in [6.45, 7) is 9.49. The van der Waals surface area contributed by atoms with Gasteiger partial charge in [0.25, 0.3) is 5.91 Å². The highest BCUT2D eigenvalue weighted by molar-refractivity contribution is 5.89. The maximum atomic E-state index is 11.1. The minimum absolute atomic E-state index is 0.140. The molecule has 0 saturated heterocycles.